The Labute approximate surface area is 117 Å². The highest BCUT2D eigenvalue weighted by Gasteiger charge is 2.22. The number of carbonyl (C=O) groups excluding carboxylic acids is 1. The van der Waals surface area contributed by atoms with Crippen LogP contribution in [0.2, 0.25) is 0 Å². The minimum absolute atomic E-state index is 0.295. The minimum atomic E-state index is -0.295. The fraction of sp³-hybridized carbons (Fsp3) is 0.688. The monoisotopic (exact) mass is 265 g/mol. The average molecular weight is 265 g/mol. The molecule has 1 rings (SSSR count). The van der Waals surface area contributed by atoms with Crippen molar-refractivity contribution in [3.63, 3.8) is 0 Å². The molecule has 0 aromatic heterocycles. The highest BCUT2D eigenvalue weighted by molar-refractivity contribution is 5.88. The van der Waals surface area contributed by atoms with Crippen molar-refractivity contribution in [2.75, 3.05) is 13.2 Å². The highest BCUT2D eigenvalue weighted by Crippen LogP contribution is 2.27. The first-order chi connectivity index (χ1) is 9.19. The van der Waals surface area contributed by atoms with E-state index < -0.39 is 0 Å². The van der Waals surface area contributed by atoms with E-state index in [9.17, 15) is 4.79 Å². The van der Waals surface area contributed by atoms with E-state index in [-0.39, 0.29) is 5.97 Å². The van der Waals surface area contributed by atoms with Gasteiger partial charge < -0.3 is 10.1 Å². The SMILES string of the molecule is C=CC[C@H](NCC(=C)C(=O)OCC)C1CCCCC1. The lowest BCUT2D eigenvalue weighted by atomic mass is 9.82. The molecular weight excluding hydrogens is 238 g/mol. The van der Waals surface area contributed by atoms with Crippen LogP contribution in [0.25, 0.3) is 0 Å². The standard InChI is InChI=1S/C16H27NO2/c1-4-9-15(14-10-7-6-8-11-14)17-12-13(3)16(18)19-5-2/h4,14-15,17H,1,3,5-12H2,2H3/t15-/m0/s1. The van der Waals surface area contributed by atoms with Gasteiger partial charge in [0.1, 0.15) is 0 Å². The van der Waals surface area contributed by atoms with Gasteiger partial charge in [-0.05, 0) is 32.1 Å². The van der Waals surface area contributed by atoms with Gasteiger partial charge in [0.05, 0.1) is 6.61 Å². The summed E-state index contributed by atoms with van der Waals surface area (Å²) in [4.78, 5) is 11.5. The molecule has 0 aromatic carbocycles. The third-order valence-corrected chi connectivity index (χ3v) is 3.78. The molecule has 0 bridgehead atoms. The smallest absolute Gasteiger partial charge is 0.334 e. The first kappa shape index (κ1) is 16.0. The molecule has 0 unspecified atom stereocenters. The lowest BCUT2D eigenvalue weighted by molar-refractivity contribution is -0.138. The molecule has 1 atom stereocenters. The topological polar surface area (TPSA) is 38.3 Å². The molecule has 0 spiro atoms. The molecule has 3 heteroatoms. The Morgan fingerprint density at radius 3 is 2.68 bits per heavy atom. The van der Waals surface area contributed by atoms with E-state index >= 15 is 0 Å². The highest BCUT2D eigenvalue weighted by atomic mass is 16.5. The van der Waals surface area contributed by atoms with Crippen molar-refractivity contribution < 1.29 is 9.53 Å². The normalized spacial score (nSPS) is 17.7. The zero-order valence-electron chi connectivity index (χ0n) is 12.1. The van der Waals surface area contributed by atoms with E-state index in [1.165, 1.54) is 32.1 Å². The summed E-state index contributed by atoms with van der Waals surface area (Å²) in [6.45, 7) is 10.3. The molecule has 0 aliphatic heterocycles. The largest absolute Gasteiger partial charge is 0.463 e. The summed E-state index contributed by atoms with van der Waals surface area (Å²) < 4.78 is 4.94. The third-order valence-electron chi connectivity index (χ3n) is 3.78. The predicted molar refractivity (Wildman–Crippen MR) is 79.0 cm³/mol. The second-order valence-corrected chi connectivity index (χ2v) is 5.23. The Bertz CT molecular complexity index is 306. The molecular formula is C16H27NO2. The number of hydrogen-bond acceptors (Lipinski definition) is 3. The second kappa shape index (κ2) is 8.92. The van der Waals surface area contributed by atoms with Gasteiger partial charge in [-0.15, -0.1) is 6.58 Å². The first-order valence-corrected chi connectivity index (χ1v) is 7.38. The first-order valence-electron chi connectivity index (χ1n) is 7.38. The van der Waals surface area contributed by atoms with E-state index in [0.29, 0.717) is 30.7 Å². The van der Waals surface area contributed by atoms with Crippen LogP contribution >= 0.6 is 0 Å². The summed E-state index contributed by atoms with van der Waals surface area (Å²) in [6.07, 6.45) is 9.44. The Balaban J connectivity index is 2.42. The molecule has 19 heavy (non-hydrogen) atoms. The quantitative estimate of drug-likeness (QED) is 0.416. The van der Waals surface area contributed by atoms with Crippen LogP contribution in [0.15, 0.2) is 24.8 Å². The zero-order chi connectivity index (χ0) is 14.1. The number of hydrogen-bond donors (Lipinski definition) is 1. The molecule has 1 aliphatic carbocycles. The lowest BCUT2D eigenvalue weighted by Crippen LogP contribution is -2.38. The maximum absolute atomic E-state index is 11.5. The molecule has 0 heterocycles. The van der Waals surface area contributed by atoms with Crippen molar-refractivity contribution in [3.05, 3.63) is 24.8 Å². The van der Waals surface area contributed by atoms with E-state index in [1.54, 1.807) is 6.92 Å². The van der Waals surface area contributed by atoms with E-state index in [1.807, 2.05) is 6.08 Å². The van der Waals surface area contributed by atoms with Gasteiger partial charge >= 0.3 is 5.97 Å². The Morgan fingerprint density at radius 2 is 2.11 bits per heavy atom. The summed E-state index contributed by atoms with van der Waals surface area (Å²) in [5.74, 6) is 0.401. The van der Waals surface area contributed by atoms with Crippen LogP contribution in [0, 0.1) is 5.92 Å². The Morgan fingerprint density at radius 1 is 1.42 bits per heavy atom. The molecule has 0 radical (unpaired) electrons. The van der Waals surface area contributed by atoms with Crippen molar-refractivity contribution in [1.29, 1.82) is 0 Å². The van der Waals surface area contributed by atoms with Crippen LogP contribution in [0.4, 0.5) is 0 Å². The number of esters is 1. The van der Waals surface area contributed by atoms with Crippen molar-refractivity contribution in [1.82, 2.24) is 5.32 Å². The van der Waals surface area contributed by atoms with Gasteiger partial charge in [-0.3, -0.25) is 0 Å². The molecule has 3 nitrogen and oxygen atoms in total. The summed E-state index contributed by atoms with van der Waals surface area (Å²) in [5, 5.41) is 3.46. The summed E-state index contributed by atoms with van der Waals surface area (Å²) in [5.41, 5.74) is 0.506. The van der Waals surface area contributed by atoms with Gasteiger partial charge in [-0.2, -0.15) is 0 Å². The third kappa shape index (κ3) is 5.60. The van der Waals surface area contributed by atoms with Crippen molar-refractivity contribution in [2.24, 2.45) is 5.92 Å². The van der Waals surface area contributed by atoms with Gasteiger partial charge in [-0.25, -0.2) is 4.79 Å². The fourth-order valence-corrected chi connectivity index (χ4v) is 2.72. The van der Waals surface area contributed by atoms with Crippen LogP contribution in [0.3, 0.4) is 0 Å². The molecule has 1 saturated carbocycles. The molecule has 1 N–H and O–H groups in total. The van der Waals surface area contributed by atoms with Gasteiger partial charge in [0.15, 0.2) is 0 Å². The maximum Gasteiger partial charge on any atom is 0.334 e. The van der Waals surface area contributed by atoms with Crippen LogP contribution in [-0.4, -0.2) is 25.2 Å². The Kier molecular flexibility index (Phi) is 7.49. The predicted octanol–water partition coefficient (Wildman–Crippen LogP) is 3.22. The lowest BCUT2D eigenvalue weighted by Gasteiger charge is -2.30. The molecule has 1 aliphatic rings. The fourth-order valence-electron chi connectivity index (χ4n) is 2.72. The van der Waals surface area contributed by atoms with E-state index in [2.05, 4.69) is 18.5 Å². The second-order valence-electron chi connectivity index (χ2n) is 5.23. The number of nitrogens with one attached hydrogen (secondary N) is 1. The van der Waals surface area contributed by atoms with Crippen molar-refractivity contribution in [3.8, 4) is 0 Å². The van der Waals surface area contributed by atoms with Crippen LogP contribution < -0.4 is 5.32 Å². The zero-order valence-corrected chi connectivity index (χ0v) is 12.1. The molecule has 0 aromatic rings. The van der Waals surface area contributed by atoms with E-state index in [4.69, 9.17) is 4.74 Å². The van der Waals surface area contributed by atoms with Crippen molar-refractivity contribution in [2.45, 2.75) is 51.5 Å². The minimum Gasteiger partial charge on any atom is -0.463 e. The average Bonchev–Trinajstić information content (AvgIpc) is 2.44. The molecule has 108 valence electrons. The maximum atomic E-state index is 11.5. The summed E-state index contributed by atoms with van der Waals surface area (Å²) >= 11 is 0. The van der Waals surface area contributed by atoms with Gasteiger partial charge in [0, 0.05) is 18.2 Å². The van der Waals surface area contributed by atoms with E-state index in [0.717, 1.165) is 6.42 Å². The molecule has 1 fully saturated rings. The number of rotatable bonds is 8. The number of carbonyl (C=O) groups is 1. The van der Waals surface area contributed by atoms with Gasteiger partial charge in [-0.1, -0.05) is 31.9 Å². The van der Waals surface area contributed by atoms with Gasteiger partial charge in [0.2, 0.25) is 0 Å². The number of ether oxygens (including phenoxy) is 1. The molecule has 0 saturated heterocycles. The van der Waals surface area contributed by atoms with Crippen LogP contribution in [-0.2, 0) is 9.53 Å². The van der Waals surface area contributed by atoms with Crippen LogP contribution in [0.1, 0.15) is 45.4 Å². The summed E-state index contributed by atoms with van der Waals surface area (Å²) in [7, 11) is 0. The summed E-state index contributed by atoms with van der Waals surface area (Å²) in [6, 6.07) is 0.406. The Hall–Kier alpha value is -1.09. The van der Waals surface area contributed by atoms with Crippen LogP contribution in [0.5, 0.6) is 0 Å². The molecule has 0 amide bonds. The van der Waals surface area contributed by atoms with Crippen molar-refractivity contribution >= 4 is 5.97 Å². The van der Waals surface area contributed by atoms with Gasteiger partial charge in [0.25, 0.3) is 0 Å².